The lowest BCUT2D eigenvalue weighted by Crippen LogP contribution is -2.47. The molecule has 1 aromatic carbocycles. The van der Waals surface area contributed by atoms with E-state index in [1.165, 1.54) is 0 Å². The van der Waals surface area contributed by atoms with E-state index >= 15 is 0 Å². The summed E-state index contributed by atoms with van der Waals surface area (Å²) < 4.78 is 20.7. The van der Waals surface area contributed by atoms with Gasteiger partial charge in [0.25, 0.3) is 25.0 Å². The predicted octanol–water partition coefficient (Wildman–Crippen LogP) is 9.48. The van der Waals surface area contributed by atoms with E-state index in [1.807, 2.05) is 6.08 Å². The number of rotatable bonds is 7. The molecule has 0 atom stereocenters. The van der Waals surface area contributed by atoms with Gasteiger partial charge < -0.3 is 13.3 Å². The van der Waals surface area contributed by atoms with E-state index in [-0.39, 0.29) is 15.1 Å². The van der Waals surface area contributed by atoms with Gasteiger partial charge in [-0.3, -0.25) is 0 Å². The molecule has 0 unspecified atom stereocenters. The van der Waals surface area contributed by atoms with Crippen LogP contribution in [0.1, 0.15) is 67.9 Å². The molecule has 32 heavy (non-hydrogen) atoms. The molecule has 0 aliphatic rings. The maximum absolute atomic E-state index is 6.94. The summed E-state index contributed by atoms with van der Waals surface area (Å²) >= 11 is 0. The highest BCUT2D eigenvalue weighted by Gasteiger charge is 2.44. The Morgan fingerprint density at radius 2 is 0.875 bits per heavy atom. The first-order valence-corrected chi connectivity index (χ1v) is 20.6. The average Bonchev–Trinajstić information content (AvgIpc) is 2.53. The van der Waals surface area contributed by atoms with Crippen LogP contribution in [0.2, 0.25) is 54.4 Å². The van der Waals surface area contributed by atoms with Gasteiger partial charge in [0.05, 0.1) is 0 Å². The van der Waals surface area contributed by atoms with E-state index in [0.29, 0.717) is 0 Å². The van der Waals surface area contributed by atoms with Crippen molar-refractivity contribution in [1.29, 1.82) is 0 Å². The Morgan fingerprint density at radius 3 is 1.12 bits per heavy atom. The van der Waals surface area contributed by atoms with Crippen molar-refractivity contribution in [2.75, 3.05) is 0 Å². The van der Waals surface area contributed by atoms with Crippen LogP contribution in [0.3, 0.4) is 0 Å². The fourth-order valence-electron chi connectivity index (χ4n) is 2.23. The van der Waals surface area contributed by atoms with Gasteiger partial charge in [0.2, 0.25) is 0 Å². The fourth-order valence-corrected chi connectivity index (χ4v) is 5.26. The molecule has 0 spiro atoms. The molecule has 0 saturated carbocycles. The zero-order chi connectivity index (χ0) is 25.6. The van der Waals surface area contributed by atoms with E-state index in [0.717, 1.165) is 22.8 Å². The van der Waals surface area contributed by atoms with Gasteiger partial charge in [-0.2, -0.15) is 0 Å². The molecule has 184 valence electrons. The summed E-state index contributed by atoms with van der Waals surface area (Å²) in [7, 11) is -6.32. The van der Waals surface area contributed by atoms with Crippen molar-refractivity contribution in [2.24, 2.45) is 0 Å². The Hall–Kier alpha value is -0.989. The van der Waals surface area contributed by atoms with Crippen molar-refractivity contribution in [2.45, 2.75) is 117 Å². The molecule has 0 aliphatic carbocycles. The zero-order valence-corrected chi connectivity index (χ0v) is 26.7. The summed E-state index contributed by atoms with van der Waals surface area (Å²) in [5.74, 6) is 2.37. The zero-order valence-electron chi connectivity index (χ0n) is 23.7. The fraction of sp³-hybridized carbons (Fsp3) is 0.692. The second kappa shape index (κ2) is 8.99. The quantitative estimate of drug-likeness (QED) is 0.353. The predicted molar refractivity (Wildman–Crippen MR) is 150 cm³/mol. The molecule has 1 rings (SSSR count). The topological polar surface area (TPSA) is 27.7 Å². The first-order chi connectivity index (χ1) is 14.0. The molecular formula is C26H50O3Si3. The first-order valence-electron chi connectivity index (χ1n) is 11.8. The highest BCUT2D eigenvalue weighted by atomic mass is 28.4. The highest BCUT2D eigenvalue weighted by Crippen LogP contribution is 2.49. The van der Waals surface area contributed by atoms with Crippen LogP contribution < -0.4 is 13.3 Å². The molecule has 0 fully saturated rings. The lowest BCUT2D eigenvalue weighted by molar-refractivity contribution is 0.412. The van der Waals surface area contributed by atoms with Crippen LogP contribution in [0.25, 0.3) is 6.08 Å². The Kier molecular flexibility index (Phi) is 8.16. The monoisotopic (exact) mass is 494 g/mol. The van der Waals surface area contributed by atoms with Crippen LogP contribution in [0, 0.1) is 0 Å². The summed E-state index contributed by atoms with van der Waals surface area (Å²) in [6, 6.07) is 4.16. The summed E-state index contributed by atoms with van der Waals surface area (Å²) in [4.78, 5) is 0. The van der Waals surface area contributed by atoms with Crippen LogP contribution >= 0.6 is 0 Å². The van der Waals surface area contributed by atoms with Gasteiger partial charge in [-0.25, -0.2) is 0 Å². The van der Waals surface area contributed by atoms with Gasteiger partial charge in [0.15, 0.2) is 5.75 Å². The number of hydrogen-bond donors (Lipinski definition) is 0. The smallest absolute Gasteiger partial charge is 0.250 e. The van der Waals surface area contributed by atoms with E-state index in [4.69, 9.17) is 13.3 Å². The van der Waals surface area contributed by atoms with Crippen molar-refractivity contribution in [3.05, 3.63) is 24.3 Å². The SMILES string of the molecule is C=Cc1cc(O[Si](C)(C)C(C)(C)C)c(O[Si](C)(C)C(C)(C)C)c(O[Si](C)(C)C(C)(C)C)c1. The molecule has 6 heteroatoms. The Labute approximate surface area is 202 Å². The third-order valence-corrected chi connectivity index (χ3v) is 20.8. The van der Waals surface area contributed by atoms with Gasteiger partial charge in [-0.05, 0) is 72.1 Å². The summed E-state index contributed by atoms with van der Waals surface area (Å²) in [6.45, 7) is 38.1. The van der Waals surface area contributed by atoms with E-state index < -0.39 is 25.0 Å². The first kappa shape index (κ1) is 29.0. The van der Waals surface area contributed by atoms with Crippen LogP contribution in [0.5, 0.6) is 17.2 Å². The van der Waals surface area contributed by atoms with E-state index in [9.17, 15) is 0 Å². The molecule has 0 radical (unpaired) electrons. The Morgan fingerprint density at radius 1 is 0.594 bits per heavy atom. The van der Waals surface area contributed by atoms with Gasteiger partial charge in [-0.15, -0.1) is 0 Å². The summed E-state index contributed by atoms with van der Waals surface area (Å²) in [5.41, 5.74) is 0.995. The van der Waals surface area contributed by atoms with Crippen LogP contribution in [0.4, 0.5) is 0 Å². The molecular weight excluding hydrogens is 445 g/mol. The molecule has 0 saturated heterocycles. The van der Waals surface area contributed by atoms with Crippen LogP contribution in [0.15, 0.2) is 18.7 Å². The highest BCUT2D eigenvalue weighted by molar-refractivity contribution is 6.76. The normalized spacial score (nSPS) is 14.2. The molecule has 0 N–H and O–H groups in total. The third-order valence-electron chi connectivity index (χ3n) is 7.78. The van der Waals surface area contributed by atoms with Crippen LogP contribution in [-0.2, 0) is 0 Å². The van der Waals surface area contributed by atoms with E-state index in [2.05, 4.69) is 120 Å². The molecule has 3 nitrogen and oxygen atoms in total. The second-order valence-electron chi connectivity index (χ2n) is 13.6. The summed E-state index contributed by atoms with van der Waals surface area (Å²) in [6.07, 6.45) is 1.87. The summed E-state index contributed by atoms with van der Waals surface area (Å²) in [5, 5.41) is 0.213. The largest absolute Gasteiger partial charge is 0.541 e. The second-order valence-corrected chi connectivity index (χ2v) is 27.8. The maximum Gasteiger partial charge on any atom is 0.250 e. The molecule has 0 aromatic heterocycles. The third kappa shape index (κ3) is 6.54. The van der Waals surface area contributed by atoms with Gasteiger partial charge in [0, 0.05) is 0 Å². The lowest BCUT2D eigenvalue weighted by atomic mass is 10.2. The number of benzene rings is 1. The lowest BCUT2D eigenvalue weighted by Gasteiger charge is -2.42. The Balaban J connectivity index is 3.82. The van der Waals surface area contributed by atoms with Crippen molar-refractivity contribution in [3.63, 3.8) is 0 Å². The molecule has 0 aliphatic heterocycles. The minimum Gasteiger partial charge on any atom is -0.541 e. The van der Waals surface area contributed by atoms with Gasteiger partial charge in [0.1, 0.15) is 11.5 Å². The minimum atomic E-state index is -2.13. The van der Waals surface area contributed by atoms with Crippen molar-refractivity contribution in [3.8, 4) is 17.2 Å². The van der Waals surface area contributed by atoms with Crippen molar-refractivity contribution in [1.82, 2.24) is 0 Å². The molecule has 0 amide bonds. The van der Waals surface area contributed by atoms with Gasteiger partial charge >= 0.3 is 0 Å². The number of hydrogen-bond acceptors (Lipinski definition) is 3. The Bertz CT molecular complexity index is 771. The van der Waals surface area contributed by atoms with E-state index in [1.54, 1.807) is 0 Å². The van der Waals surface area contributed by atoms with Gasteiger partial charge in [-0.1, -0.05) is 75.0 Å². The standard InChI is InChI=1S/C26H50O3Si3/c1-17-20-18-21(27-30(11,12)24(2,3)4)23(29-32(15,16)26(8,9)10)22(19-20)28-31(13,14)25(5,6)7/h17-19H,1H2,2-16H3. The van der Waals surface area contributed by atoms with Crippen LogP contribution in [-0.4, -0.2) is 25.0 Å². The molecule has 0 heterocycles. The molecule has 1 aromatic rings. The molecule has 0 bridgehead atoms. The van der Waals surface area contributed by atoms with Crippen molar-refractivity contribution >= 4 is 31.0 Å². The average molecular weight is 495 g/mol. The van der Waals surface area contributed by atoms with Crippen molar-refractivity contribution < 1.29 is 13.3 Å². The minimum absolute atomic E-state index is 0.0621. The maximum atomic E-state index is 6.94.